The van der Waals surface area contributed by atoms with Crippen LogP contribution in [0.1, 0.15) is 33.1 Å². The van der Waals surface area contributed by atoms with Gasteiger partial charge in [0.15, 0.2) is 0 Å². The summed E-state index contributed by atoms with van der Waals surface area (Å²) in [6.07, 6.45) is 3.27. The fourth-order valence-corrected chi connectivity index (χ4v) is 2.28. The van der Waals surface area contributed by atoms with E-state index in [-0.39, 0.29) is 5.97 Å². The summed E-state index contributed by atoms with van der Waals surface area (Å²) in [6, 6.07) is 0. The zero-order valence-corrected chi connectivity index (χ0v) is 8.30. The van der Waals surface area contributed by atoms with Gasteiger partial charge in [-0.2, -0.15) is 0 Å². The highest BCUT2D eigenvalue weighted by Gasteiger charge is 2.30. The average Bonchev–Trinajstić information content (AvgIpc) is 2.12. The van der Waals surface area contributed by atoms with Gasteiger partial charge in [0.1, 0.15) is 0 Å². The molecule has 2 aliphatic rings. The molecule has 1 aliphatic carbocycles. The lowest BCUT2D eigenvalue weighted by Crippen LogP contribution is -2.28. The van der Waals surface area contributed by atoms with Gasteiger partial charge < -0.3 is 4.74 Å². The molecule has 0 saturated carbocycles. The molecule has 13 heavy (non-hydrogen) atoms. The molecule has 2 heteroatoms. The Morgan fingerprint density at radius 1 is 1.38 bits per heavy atom. The number of carbonyl (C=O) groups excluding carboxylic acids is 1. The van der Waals surface area contributed by atoms with E-state index in [1.165, 1.54) is 12.0 Å². The first-order valence-electron chi connectivity index (χ1n) is 5.07. The van der Waals surface area contributed by atoms with E-state index >= 15 is 0 Å². The Morgan fingerprint density at radius 3 is 2.92 bits per heavy atom. The maximum Gasteiger partial charge on any atom is 0.333 e. The van der Waals surface area contributed by atoms with Crippen molar-refractivity contribution in [3.8, 4) is 0 Å². The molecule has 0 aromatic carbocycles. The molecule has 0 amide bonds. The summed E-state index contributed by atoms with van der Waals surface area (Å²) < 4.78 is 5.11. The van der Waals surface area contributed by atoms with Gasteiger partial charge in [-0.05, 0) is 25.2 Å². The Bertz CT molecular complexity index is 265. The van der Waals surface area contributed by atoms with Crippen LogP contribution in [-0.4, -0.2) is 12.6 Å². The zero-order chi connectivity index (χ0) is 9.42. The van der Waals surface area contributed by atoms with E-state index in [9.17, 15) is 4.79 Å². The Hall–Kier alpha value is -0.790. The highest BCUT2D eigenvalue weighted by Crippen LogP contribution is 2.36. The summed E-state index contributed by atoms with van der Waals surface area (Å²) in [4.78, 5) is 11.4. The first kappa shape index (κ1) is 8.79. The van der Waals surface area contributed by atoms with E-state index in [1.807, 2.05) is 0 Å². The minimum absolute atomic E-state index is 0.0559. The molecule has 0 fully saturated rings. The van der Waals surface area contributed by atoms with Crippen LogP contribution in [0.15, 0.2) is 11.1 Å². The van der Waals surface area contributed by atoms with Crippen molar-refractivity contribution in [3.05, 3.63) is 11.1 Å². The molecular formula is C11H16O2. The van der Waals surface area contributed by atoms with Gasteiger partial charge in [-0.1, -0.05) is 19.4 Å². The van der Waals surface area contributed by atoms with Crippen LogP contribution in [0.3, 0.4) is 0 Å². The topological polar surface area (TPSA) is 26.3 Å². The van der Waals surface area contributed by atoms with Gasteiger partial charge in [0.2, 0.25) is 0 Å². The first-order valence-corrected chi connectivity index (χ1v) is 5.07. The monoisotopic (exact) mass is 180 g/mol. The molecule has 2 unspecified atom stereocenters. The van der Waals surface area contributed by atoms with Crippen molar-refractivity contribution in [1.29, 1.82) is 0 Å². The van der Waals surface area contributed by atoms with E-state index < -0.39 is 0 Å². The molecule has 0 saturated heterocycles. The van der Waals surface area contributed by atoms with Gasteiger partial charge in [0.25, 0.3) is 0 Å². The molecule has 1 aliphatic heterocycles. The molecule has 0 N–H and O–H groups in total. The number of hydrogen-bond donors (Lipinski definition) is 0. The fraction of sp³-hybridized carbons (Fsp3) is 0.727. The molecule has 2 atom stereocenters. The summed E-state index contributed by atoms with van der Waals surface area (Å²) in [5, 5.41) is 0. The molecule has 0 aromatic heterocycles. The molecule has 0 bridgehead atoms. The second kappa shape index (κ2) is 3.17. The van der Waals surface area contributed by atoms with Gasteiger partial charge in [-0.25, -0.2) is 4.79 Å². The number of cyclic esters (lactones) is 1. The van der Waals surface area contributed by atoms with Crippen LogP contribution in [0.4, 0.5) is 0 Å². The molecular weight excluding hydrogens is 164 g/mol. The highest BCUT2D eigenvalue weighted by molar-refractivity contribution is 5.90. The van der Waals surface area contributed by atoms with Gasteiger partial charge in [-0.3, -0.25) is 0 Å². The third kappa shape index (κ3) is 1.50. The molecule has 2 rings (SSSR count). The van der Waals surface area contributed by atoms with Crippen molar-refractivity contribution in [2.45, 2.75) is 33.1 Å². The maximum atomic E-state index is 11.4. The van der Waals surface area contributed by atoms with Gasteiger partial charge in [-0.15, -0.1) is 0 Å². The zero-order valence-electron chi connectivity index (χ0n) is 8.30. The van der Waals surface area contributed by atoms with E-state index in [0.717, 1.165) is 18.4 Å². The Labute approximate surface area is 79.0 Å². The smallest absolute Gasteiger partial charge is 0.333 e. The van der Waals surface area contributed by atoms with Gasteiger partial charge >= 0.3 is 5.97 Å². The standard InChI is InChI=1S/C11H16O2/c1-7-3-4-9-8(2)6-13-11(12)10(9)5-7/h7-8H,3-6H2,1-2H3. The van der Waals surface area contributed by atoms with Crippen molar-refractivity contribution < 1.29 is 9.53 Å². The lowest BCUT2D eigenvalue weighted by atomic mass is 9.79. The first-order chi connectivity index (χ1) is 6.18. The van der Waals surface area contributed by atoms with Crippen LogP contribution in [0, 0.1) is 11.8 Å². The van der Waals surface area contributed by atoms with Gasteiger partial charge in [0, 0.05) is 11.5 Å². The van der Waals surface area contributed by atoms with Crippen LogP contribution in [0.25, 0.3) is 0 Å². The molecule has 0 spiro atoms. The maximum absolute atomic E-state index is 11.4. The molecule has 0 radical (unpaired) electrons. The second-order valence-electron chi connectivity index (χ2n) is 4.35. The number of esters is 1. The number of rotatable bonds is 0. The minimum Gasteiger partial charge on any atom is -0.462 e. The average molecular weight is 180 g/mol. The van der Waals surface area contributed by atoms with Crippen molar-refractivity contribution >= 4 is 5.97 Å². The van der Waals surface area contributed by atoms with Crippen LogP contribution in [0.5, 0.6) is 0 Å². The molecule has 72 valence electrons. The van der Waals surface area contributed by atoms with Gasteiger partial charge in [0.05, 0.1) is 6.61 Å². The normalized spacial score (nSPS) is 34.2. The molecule has 1 heterocycles. The summed E-state index contributed by atoms with van der Waals surface area (Å²) in [6.45, 7) is 4.94. The van der Waals surface area contributed by atoms with E-state index in [2.05, 4.69) is 13.8 Å². The lowest BCUT2D eigenvalue weighted by Gasteiger charge is -2.31. The van der Waals surface area contributed by atoms with Crippen LogP contribution in [0.2, 0.25) is 0 Å². The largest absolute Gasteiger partial charge is 0.462 e. The summed E-state index contributed by atoms with van der Waals surface area (Å²) in [5.41, 5.74) is 2.35. The fourth-order valence-electron chi connectivity index (χ4n) is 2.28. The SMILES string of the molecule is CC1CCC2=C(C1)C(=O)OCC2C. The van der Waals surface area contributed by atoms with Crippen molar-refractivity contribution in [2.75, 3.05) is 6.61 Å². The quantitative estimate of drug-likeness (QED) is 0.535. The summed E-state index contributed by atoms with van der Waals surface area (Å²) >= 11 is 0. The predicted molar refractivity (Wildman–Crippen MR) is 50.2 cm³/mol. The second-order valence-corrected chi connectivity index (χ2v) is 4.35. The van der Waals surface area contributed by atoms with E-state index in [4.69, 9.17) is 4.74 Å². The van der Waals surface area contributed by atoms with Crippen molar-refractivity contribution in [1.82, 2.24) is 0 Å². The Kier molecular flexibility index (Phi) is 2.14. The summed E-state index contributed by atoms with van der Waals surface area (Å²) in [5.74, 6) is 1.05. The summed E-state index contributed by atoms with van der Waals surface area (Å²) in [7, 11) is 0. The van der Waals surface area contributed by atoms with Crippen molar-refractivity contribution in [3.63, 3.8) is 0 Å². The third-order valence-electron chi connectivity index (χ3n) is 3.15. The van der Waals surface area contributed by atoms with Crippen LogP contribution < -0.4 is 0 Å². The lowest BCUT2D eigenvalue weighted by molar-refractivity contribution is -0.142. The number of carbonyl (C=O) groups is 1. The third-order valence-corrected chi connectivity index (χ3v) is 3.15. The molecule has 0 aromatic rings. The van der Waals surface area contributed by atoms with E-state index in [1.54, 1.807) is 0 Å². The van der Waals surface area contributed by atoms with E-state index in [0.29, 0.717) is 18.4 Å². The minimum atomic E-state index is -0.0559. The highest BCUT2D eigenvalue weighted by atomic mass is 16.5. The Morgan fingerprint density at radius 2 is 2.15 bits per heavy atom. The number of hydrogen-bond acceptors (Lipinski definition) is 2. The number of ether oxygens (including phenoxy) is 1. The van der Waals surface area contributed by atoms with Crippen molar-refractivity contribution in [2.24, 2.45) is 11.8 Å². The van der Waals surface area contributed by atoms with Crippen LogP contribution >= 0.6 is 0 Å². The molecule has 2 nitrogen and oxygen atoms in total. The predicted octanol–water partition coefficient (Wildman–Crippen LogP) is 2.30. The Balaban J connectivity index is 2.31. The van der Waals surface area contributed by atoms with Crippen LogP contribution in [-0.2, 0) is 9.53 Å².